The summed E-state index contributed by atoms with van der Waals surface area (Å²) in [7, 11) is 0. The van der Waals surface area contributed by atoms with Crippen molar-refractivity contribution in [1.29, 1.82) is 0 Å². The fourth-order valence-corrected chi connectivity index (χ4v) is 7.85. The number of phenols is 1. The van der Waals surface area contributed by atoms with Crippen LogP contribution in [0.15, 0.2) is 12.1 Å². The molecule has 1 aromatic carbocycles. The van der Waals surface area contributed by atoms with E-state index in [0.717, 1.165) is 43.8 Å². The Bertz CT molecular complexity index is 972. The van der Waals surface area contributed by atoms with Crippen molar-refractivity contribution in [1.82, 2.24) is 4.90 Å². The van der Waals surface area contributed by atoms with Gasteiger partial charge in [-0.05, 0) is 62.6 Å². The summed E-state index contributed by atoms with van der Waals surface area (Å²) in [6, 6.07) is 3.87. The molecule has 3 N–H and O–H groups in total. The van der Waals surface area contributed by atoms with Gasteiger partial charge < -0.3 is 39.0 Å². The second-order valence-corrected chi connectivity index (χ2v) is 11.7. The number of piperidine rings is 1. The Morgan fingerprint density at radius 2 is 1.68 bits per heavy atom. The summed E-state index contributed by atoms with van der Waals surface area (Å²) in [5.41, 5.74) is 0.805. The number of aromatic hydroxyl groups is 1. The number of benzene rings is 1. The predicted octanol–water partition coefficient (Wildman–Crippen LogP) is 1.77. The van der Waals surface area contributed by atoms with E-state index in [-0.39, 0.29) is 30.6 Å². The first-order valence-electron chi connectivity index (χ1n) is 14.5. The quantitative estimate of drug-likeness (QED) is 0.308. The lowest BCUT2D eigenvalue weighted by Crippen LogP contribution is -2.77. The van der Waals surface area contributed by atoms with Crippen LogP contribution in [-0.2, 0) is 30.8 Å². The molecule has 0 amide bonds. The summed E-state index contributed by atoms with van der Waals surface area (Å²) in [5.74, 6) is 1.47. The third-order valence-electron chi connectivity index (χ3n) is 9.78. The van der Waals surface area contributed by atoms with Gasteiger partial charge in [-0.25, -0.2) is 0 Å². The van der Waals surface area contributed by atoms with E-state index in [9.17, 15) is 10.2 Å². The first kappa shape index (κ1) is 26.7. The normalized spacial score (nSPS) is 33.6. The molecule has 1 spiro atoms. The molecule has 38 heavy (non-hydrogen) atoms. The van der Waals surface area contributed by atoms with Crippen molar-refractivity contribution in [2.24, 2.45) is 5.92 Å². The average molecular weight is 534 g/mol. The molecule has 2 heterocycles. The van der Waals surface area contributed by atoms with Crippen LogP contribution in [0.1, 0.15) is 49.7 Å². The number of nitrogens with zero attached hydrogens (tertiary/aromatic N) is 1. The van der Waals surface area contributed by atoms with Crippen LogP contribution in [0, 0.1) is 5.92 Å². The van der Waals surface area contributed by atoms with Crippen molar-refractivity contribution < 1.29 is 39.0 Å². The molecule has 5 atom stereocenters. The summed E-state index contributed by atoms with van der Waals surface area (Å²) in [6.07, 6.45) is 6.45. The second kappa shape index (κ2) is 11.2. The Balaban J connectivity index is 1.10. The number of hydrogen-bond acceptors (Lipinski definition) is 9. The molecular formula is C29H43NO8. The third kappa shape index (κ3) is 4.44. The molecule has 6 rings (SSSR count). The first-order chi connectivity index (χ1) is 18.6. The van der Waals surface area contributed by atoms with E-state index in [4.69, 9.17) is 28.8 Å². The van der Waals surface area contributed by atoms with Gasteiger partial charge in [-0.2, -0.15) is 0 Å². The van der Waals surface area contributed by atoms with E-state index in [1.807, 2.05) is 6.07 Å². The van der Waals surface area contributed by atoms with Gasteiger partial charge in [0, 0.05) is 18.2 Å². The maximum Gasteiger partial charge on any atom is 0.165 e. The number of aliphatic hydroxyl groups excluding tert-OH is 1. The lowest BCUT2D eigenvalue weighted by Gasteiger charge is -2.64. The number of rotatable bonds is 14. The van der Waals surface area contributed by atoms with Crippen molar-refractivity contribution in [3.05, 3.63) is 23.3 Å². The molecule has 0 aromatic heterocycles. The van der Waals surface area contributed by atoms with Crippen molar-refractivity contribution in [3.63, 3.8) is 0 Å². The van der Waals surface area contributed by atoms with Gasteiger partial charge in [0.25, 0.3) is 0 Å². The van der Waals surface area contributed by atoms with Crippen LogP contribution in [0.5, 0.6) is 11.5 Å². The predicted molar refractivity (Wildman–Crippen MR) is 139 cm³/mol. The summed E-state index contributed by atoms with van der Waals surface area (Å²) in [4.78, 5) is 2.57. The molecule has 9 heteroatoms. The molecule has 2 saturated carbocycles. The highest BCUT2D eigenvalue weighted by Gasteiger charge is 2.73. The number of aliphatic hydroxyl groups is 2. The van der Waals surface area contributed by atoms with Gasteiger partial charge in [-0.15, -0.1) is 0 Å². The minimum Gasteiger partial charge on any atom is -0.504 e. The maximum absolute atomic E-state index is 12.5. The lowest BCUT2D eigenvalue weighted by molar-refractivity contribution is -0.218. The number of likely N-dealkylation sites (tertiary alicyclic amines) is 1. The standard InChI is InChI=1S/C29H43NO8/c31-10-11-34-12-13-35-14-15-36-16-17-37-23-6-7-29(33)24-18-21-4-5-22(32)26-25(21)28(29,27(23)38-26)8-9-30(24)19-20-2-1-3-20/h4-5,20,23-24,27,31-33H,1-3,6-19H2/t23?,24-,27?,28+,29-/m1/s1. The molecule has 212 valence electrons. The van der Waals surface area contributed by atoms with Crippen LogP contribution in [-0.4, -0.2) is 110 Å². The van der Waals surface area contributed by atoms with E-state index in [2.05, 4.69) is 4.90 Å². The molecule has 9 nitrogen and oxygen atoms in total. The summed E-state index contributed by atoms with van der Waals surface area (Å²) in [6.45, 7) is 5.13. The highest BCUT2D eigenvalue weighted by molar-refractivity contribution is 5.62. The van der Waals surface area contributed by atoms with Crippen molar-refractivity contribution in [3.8, 4) is 11.5 Å². The van der Waals surface area contributed by atoms with Crippen molar-refractivity contribution in [2.45, 2.75) is 74.2 Å². The lowest BCUT2D eigenvalue weighted by atomic mass is 9.48. The molecule has 2 aliphatic heterocycles. The fraction of sp³-hybridized carbons (Fsp3) is 0.793. The Morgan fingerprint density at radius 1 is 0.947 bits per heavy atom. The second-order valence-electron chi connectivity index (χ2n) is 11.7. The molecule has 3 fully saturated rings. The van der Waals surface area contributed by atoms with Gasteiger partial charge in [0.15, 0.2) is 11.5 Å². The van der Waals surface area contributed by atoms with Crippen LogP contribution in [0.3, 0.4) is 0 Å². The molecule has 2 unspecified atom stereocenters. The molecule has 3 aliphatic carbocycles. The van der Waals surface area contributed by atoms with Crippen LogP contribution in [0.2, 0.25) is 0 Å². The Morgan fingerprint density at radius 3 is 2.39 bits per heavy atom. The van der Waals surface area contributed by atoms with E-state index < -0.39 is 11.0 Å². The van der Waals surface area contributed by atoms with Crippen LogP contribution in [0.25, 0.3) is 0 Å². The third-order valence-corrected chi connectivity index (χ3v) is 9.78. The molecule has 5 aliphatic rings. The topological polar surface area (TPSA) is 110 Å². The van der Waals surface area contributed by atoms with Gasteiger partial charge in [-0.3, -0.25) is 4.90 Å². The molecule has 1 aromatic rings. The number of phenolic OH excluding ortho intramolecular Hbond substituents is 1. The monoisotopic (exact) mass is 533 g/mol. The van der Waals surface area contributed by atoms with E-state index in [1.165, 1.54) is 24.8 Å². The highest BCUT2D eigenvalue weighted by atomic mass is 16.6. The van der Waals surface area contributed by atoms with Gasteiger partial charge >= 0.3 is 0 Å². The van der Waals surface area contributed by atoms with Gasteiger partial charge in [0.05, 0.1) is 70.0 Å². The Labute approximate surface area is 225 Å². The Hall–Kier alpha value is -1.46. The largest absolute Gasteiger partial charge is 0.504 e. The number of ether oxygens (including phenoxy) is 5. The van der Waals surface area contributed by atoms with Crippen LogP contribution < -0.4 is 4.74 Å². The average Bonchev–Trinajstić information content (AvgIpc) is 3.24. The number of hydrogen-bond donors (Lipinski definition) is 3. The SMILES string of the molecule is OCCOCCOCCOCCOC1CC[C@@]2(O)[C@H]3Cc4ccc(O)c5c4[C@@]2(CCN3CC2CCC2)C1O5. The summed E-state index contributed by atoms with van der Waals surface area (Å²) in [5, 5.41) is 32.0. The zero-order valence-corrected chi connectivity index (χ0v) is 22.3. The smallest absolute Gasteiger partial charge is 0.165 e. The Kier molecular flexibility index (Phi) is 7.88. The van der Waals surface area contributed by atoms with E-state index in [0.29, 0.717) is 58.4 Å². The van der Waals surface area contributed by atoms with Gasteiger partial charge in [-0.1, -0.05) is 12.5 Å². The molecule has 0 radical (unpaired) electrons. The maximum atomic E-state index is 12.5. The van der Waals surface area contributed by atoms with Gasteiger partial charge in [0.2, 0.25) is 0 Å². The summed E-state index contributed by atoms with van der Waals surface area (Å²) >= 11 is 0. The van der Waals surface area contributed by atoms with Crippen LogP contribution in [0.4, 0.5) is 0 Å². The fourth-order valence-electron chi connectivity index (χ4n) is 7.85. The first-order valence-corrected chi connectivity index (χ1v) is 14.5. The van der Waals surface area contributed by atoms with E-state index in [1.54, 1.807) is 6.07 Å². The van der Waals surface area contributed by atoms with Crippen molar-refractivity contribution >= 4 is 0 Å². The van der Waals surface area contributed by atoms with Crippen molar-refractivity contribution in [2.75, 3.05) is 65.9 Å². The molecule has 2 bridgehead atoms. The minimum atomic E-state index is -0.889. The zero-order valence-electron chi connectivity index (χ0n) is 22.3. The summed E-state index contributed by atoms with van der Waals surface area (Å²) < 4.78 is 29.2. The van der Waals surface area contributed by atoms with E-state index >= 15 is 0 Å². The van der Waals surface area contributed by atoms with Crippen LogP contribution >= 0.6 is 0 Å². The highest BCUT2D eigenvalue weighted by Crippen LogP contribution is 2.65. The minimum absolute atomic E-state index is 0.0181. The van der Waals surface area contributed by atoms with Gasteiger partial charge in [0.1, 0.15) is 6.10 Å². The molecule has 1 saturated heterocycles. The zero-order chi connectivity index (χ0) is 26.2. The molecular weight excluding hydrogens is 490 g/mol.